The van der Waals surface area contributed by atoms with E-state index in [4.69, 9.17) is 14.0 Å². The van der Waals surface area contributed by atoms with Crippen molar-refractivity contribution in [3.8, 4) is 11.5 Å². The van der Waals surface area contributed by atoms with E-state index in [-0.39, 0.29) is 6.04 Å². The SMILES string of the molecule is COc1ccc(Cc2noc(C3CCCCN3)n2)cc1OC. The van der Waals surface area contributed by atoms with Crippen LogP contribution in [0.4, 0.5) is 0 Å². The van der Waals surface area contributed by atoms with E-state index in [2.05, 4.69) is 15.5 Å². The topological polar surface area (TPSA) is 69.4 Å². The molecule has 6 heteroatoms. The lowest BCUT2D eigenvalue weighted by atomic mass is 10.1. The Bertz CT molecular complexity index is 621. The van der Waals surface area contributed by atoms with Gasteiger partial charge in [-0.15, -0.1) is 0 Å². The van der Waals surface area contributed by atoms with Gasteiger partial charge in [0.1, 0.15) is 0 Å². The second-order valence-electron chi connectivity index (χ2n) is 5.42. The van der Waals surface area contributed by atoms with Gasteiger partial charge < -0.3 is 19.3 Å². The van der Waals surface area contributed by atoms with Crippen LogP contribution in [0.25, 0.3) is 0 Å². The zero-order chi connectivity index (χ0) is 15.4. The summed E-state index contributed by atoms with van der Waals surface area (Å²) in [6, 6.07) is 6.00. The molecule has 1 unspecified atom stereocenters. The molecule has 0 radical (unpaired) electrons. The molecule has 1 aromatic carbocycles. The summed E-state index contributed by atoms with van der Waals surface area (Å²) in [5.41, 5.74) is 1.06. The number of hydrogen-bond donors (Lipinski definition) is 1. The van der Waals surface area contributed by atoms with Gasteiger partial charge in [-0.2, -0.15) is 4.98 Å². The van der Waals surface area contributed by atoms with E-state index in [1.54, 1.807) is 14.2 Å². The fraction of sp³-hybridized carbons (Fsp3) is 0.500. The van der Waals surface area contributed by atoms with Gasteiger partial charge in [0.2, 0.25) is 5.89 Å². The van der Waals surface area contributed by atoms with E-state index in [0.29, 0.717) is 29.6 Å². The first-order valence-corrected chi connectivity index (χ1v) is 7.57. The molecule has 0 saturated carbocycles. The van der Waals surface area contributed by atoms with E-state index in [0.717, 1.165) is 18.5 Å². The summed E-state index contributed by atoms with van der Waals surface area (Å²) in [6.45, 7) is 1.01. The van der Waals surface area contributed by atoms with Crippen LogP contribution in [-0.4, -0.2) is 30.9 Å². The number of aromatic nitrogens is 2. The average molecular weight is 303 g/mol. The van der Waals surface area contributed by atoms with Crippen LogP contribution in [0.1, 0.15) is 42.6 Å². The molecule has 0 amide bonds. The molecule has 3 rings (SSSR count). The van der Waals surface area contributed by atoms with Crippen molar-refractivity contribution < 1.29 is 14.0 Å². The first kappa shape index (κ1) is 14.8. The maximum absolute atomic E-state index is 5.40. The molecule has 1 aliphatic rings. The second kappa shape index (κ2) is 6.79. The summed E-state index contributed by atoms with van der Waals surface area (Å²) >= 11 is 0. The molecule has 1 aromatic heterocycles. The summed E-state index contributed by atoms with van der Waals surface area (Å²) in [7, 11) is 3.25. The van der Waals surface area contributed by atoms with Crippen LogP contribution in [0.5, 0.6) is 11.5 Å². The van der Waals surface area contributed by atoms with Gasteiger partial charge in [0, 0.05) is 6.42 Å². The van der Waals surface area contributed by atoms with Crippen molar-refractivity contribution in [2.45, 2.75) is 31.7 Å². The average Bonchev–Trinajstić information content (AvgIpc) is 3.04. The minimum absolute atomic E-state index is 0.195. The lowest BCUT2D eigenvalue weighted by Gasteiger charge is -2.19. The Balaban J connectivity index is 1.72. The summed E-state index contributed by atoms with van der Waals surface area (Å²) in [5, 5.41) is 7.50. The molecule has 0 aliphatic carbocycles. The Morgan fingerprint density at radius 3 is 2.82 bits per heavy atom. The van der Waals surface area contributed by atoms with Gasteiger partial charge in [0.25, 0.3) is 0 Å². The molecule has 1 saturated heterocycles. The second-order valence-corrected chi connectivity index (χ2v) is 5.42. The zero-order valence-electron chi connectivity index (χ0n) is 13.0. The highest BCUT2D eigenvalue weighted by molar-refractivity contribution is 5.43. The third-order valence-electron chi connectivity index (χ3n) is 3.90. The lowest BCUT2D eigenvalue weighted by molar-refractivity contribution is 0.296. The predicted molar refractivity (Wildman–Crippen MR) is 81.2 cm³/mol. The number of ether oxygens (including phenoxy) is 2. The molecule has 0 bridgehead atoms. The van der Waals surface area contributed by atoms with Gasteiger partial charge in [-0.25, -0.2) is 0 Å². The van der Waals surface area contributed by atoms with Gasteiger partial charge >= 0.3 is 0 Å². The molecular formula is C16H21N3O3. The maximum atomic E-state index is 5.40. The number of nitrogens with one attached hydrogen (secondary N) is 1. The number of piperidine rings is 1. The Morgan fingerprint density at radius 2 is 2.09 bits per heavy atom. The fourth-order valence-electron chi connectivity index (χ4n) is 2.72. The smallest absolute Gasteiger partial charge is 0.243 e. The molecule has 1 fully saturated rings. The third kappa shape index (κ3) is 3.22. The summed E-state index contributed by atoms with van der Waals surface area (Å²) in [4.78, 5) is 4.51. The van der Waals surface area contributed by atoms with Crippen LogP contribution in [-0.2, 0) is 6.42 Å². The molecule has 2 heterocycles. The highest BCUT2D eigenvalue weighted by Crippen LogP contribution is 2.28. The van der Waals surface area contributed by atoms with Gasteiger partial charge in [0.05, 0.1) is 20.3 Å². The lowest BCUT2D eigenvalue weighted by Crippen LogP contribution is -2.27. The Kier molecular flexibility index (Phi) is 4.58. The molecular weight excluding hydrogens is 282 g/mol. The van der Waals surface area contributed by atoms with Crippen LogP contribution < -0.4 is 14.8 Å². The first-order valence-electron chi connectivity index (χ1n) is 7.57. The number of rotatable bonds is 5. The third-order valence-corrected chi connectivity index (χ3v) is 3.90. The Labute approximate surface area is 129 Å². The Morgan fingerprint density at radius 1 is 1.23 bits per heavy atom. The largest absolute Gasteiger partial charge is 0.493 e. The van der Waals surface area contributed by atoms with E-state index < -0.39 is 0 Å². The monoisotopic (exact) mass is 303 g/mol. The molecule has 2 aromatic rings. The fourth-order valence-corrected chi connectivity index (χ4v) is 2.72. The number of benzene rings is 1. The standard InChI is InChI=1S/C16H21N3O3/c1-20-13-7-6-11(9-14(13)21-2)10-15-18-16(22-19-15)12-5-3-4-8-17-12/h6-7,9,12,17H,3-5,8,10H2,1-2H3. The highest BCUT2D eigenvalue weighted by atomic mass is 16.5. The van der Waals surface area contributed by atoms with Crippen LogP contribution in [0.2, 0.25) is 0 Å². The van der Waals surface area contributed by atoms with Gasteiger partial charge in [0.15, 0.2) is 17.3 Å². The van der Waals surface area contributed by atoms with Crippen molar-refractivity contribution in [2.24, 2.45) is 0 Å². The van der Waals surface area contributed by atoms with Crippen molar-refractivity contribution >= 4 is 0 Å². The van der Waals surface area contributed by atoms with Gasteiger partial charge in [-0.3, -0.25) is 0 Å². The number of methoxy groups -OCH3 is 2. The predicted octanol–water partition coefficient (Wildman–Crippen LogP) is 2.49. The molecule has 22 heavy (non-hydrogen) atoms. The van der Waals surface area contributed by atoms with E-state index in [1.807, 2.05) is 18.2 Å². The van der Waals surface area contributed by atoms with E-state index in [9.17, 15) is 0 Å². The normalized spacial score (nSPS) is 18.2. The van der Waals surface area contributed by atoms with Crippen LogP contribution in [0, 0.1) is 0 Å². The number of nitrogens with zero attached hydrogens (tertiary/aromatic N) is 2. The van der Waals surface area contributed by atoms with Crippen molar-refractivity contribution in [1.29, 1.82) is 0 Å². The van der Waals surface area contributed by atoms with E-state index >= 15 is 0 Å². The quantitative estimate of drug-likeness (QED) is 0.915. The number of hydrogen-bond acceptors (Lipinski definition) is 6. The summed E-state index contributed by atoms with van der Waals surface area (Å²) in [5.74, 6) is 2.80. The van der Waals surface area contributed by atoms with Crippen molar-refractivity contribution in [3.63, 3.8) is 0 Å². The molecule has 0 spiro atoms. The molecule has 118 valence electrons. The molecule has 1 atom stereocenters. The van der Waals surface area contributed by atoms with Gasteiger partial charge in [-0.1, -0.05) is 17.6 Å². The van der Waals surface area contributed by atoms with Gasteiger partial charge in [-0.05, 0) is 37.1 Å². The minimum Gasteiger partial charge on any atom is -0.493 e. The first-order chi connectivity index (χ1) is 10.8. The van der Waals surface area contributed by atoms with Crippen molar-refractivity contribution in [1.82, 2.24) is 15.5 Å². The Hall–Kier alpha value is -2.08. The van der Waals surface area contributed by atoms with Crippen LogP contribution in [0.15, 0.2) is 22.7 Å². The minimum atomic E-state index is 0.195. The molecule has 1 aliphatic heterocycles. The zero-order valence-corrected chi connectivity index (χ0v) is 13.0. The van der Waals surface area contributed by atoms with E-state index in [1.165, 1.54) is 12.8 Å². The van der Waals surface area contributed by atoms with Crippen molar-refractivity contribution in [2.75, 3.05) is 20.8 Å². The summed E-state index contributed by atoms with van der Waals surface area (Å²) < 4.78 is 16.0. The molecule has 6 nitrogen and oxygen atoms in total. The van der Waals surface area contributed by atoms with Crippen LogP contribution >= 0.6 is 0 Å². The summed E-state index contributed by atoms with van der Waals surface area (Å²) in [6.07, 6.45) is 4.07. The highest BCUT2D eigenvalue weighted by Gasteiger charge is 2.21. The molecule has 1 N–H and O–H groups in total. The maximum Gasteiger partial charge on any atom is 0.243 e. The van der Waals surface area contributed by atoms with Crippen molar-refractivity contribution in [3.05, 3.63) is 35.5 Å². The van der Waals surface area contributed by atoms with Crippen LogP contribution in [0.3, 0.4) is 0 Å².